The third-order valence-electron chi connectivity index (χ3n) is 5.97. The zero-order valence-corrected chi connectivity index (χ0v) is 24.3. The van der Waals surface area contributed by atoms with Crippen molar-refractivity contribution in [2.45, 2.75) is 112 Å². The molecule has 2 aromatic carbocycles. The van der Waals surface area contributed by atoms with Crippen LogP contribution in [0.2, 0.25) is 0 Å². The maximum absolute atomic E-state index is 6.60. The molecule has 33 heavy (non-hydrogen) atoms. The predicted octanol–water partition coefficient (Wildman–Crippen LogP) is 9.67. The highest BCUT2D eigenvalue weighted by Crippen LogP contribution is 2.47. The molecule has 2 rings (SSSR count). The van der Waals surface area contributed by atoms with E-state index in [1.54, 1.807) is 0 Å². The van der Waals surface area contributed by atoms with E-state index >= 15 is 0 Å². The van der Waals surface area contributed by atoms with E-state index in [2.05, 4.69) is 126 Å². The zero-order valence-electron chi connectivity index (χ0n) is 23.4. The molecule has 0 fully saturated rings. The highest BCUT2D eigenvalue weighted by atomic mass is 31.2. The Morgan fingerprint density at radius 2 is 0.879 bits per heavy atom. The van der Waals surface area contributed by atoms with Gasteiger partial charge in [0.05, 0.1) is 0 Å². The normalized spacial score (nSPS) is 13.4. The first kappa shape index (κ1) is 27.7. The molecule has 184 valence electrons. The predicted molar refractivity (Wildman–Crippen MR) is 146 cm³/mol. The van der Waals surface area contributed by atoms with Gasteiger partial charge in [0, 0.05) is 17.3 Å². The van der Waals surface area contributed by atoms with E-state index in [9.17, 15) is 0 Å². The summed E-state index contributed by atoms with van der Waals surface area (Å²) in [7, 11) is -1.11. The highest BCUT2D eigenvalue weighted by molar-refractivity contribution is 7.48. The van der Waals surface area contributed by atoms with Gasteiger partial charge in [0.1, 0.15) is 11.5 Å². The van der Waals surface area contributed by atoms with Gasteiger partial charge in [0.25, 0.3) is 8.38 Å². The lowest BCUT2D eigenvalue weighted by Crippen LogP contribution is -2.18. The maximum Gasteiger partial charge on any atom is 0.290 e. The molecule has 0 atom stereocenters. The van der Waals surface area contributed by atoms with Gasteiger partial charge in [-0.05, 0) is 44.9 Å². The molecule has 3 heteroatoms. The summed E-state index contributed by atoms with van der Waals surface area (Å²) in [6, 6.07) is 13.3. The first-order chi connectivity index (χ1) is 14.8. The maximum atomic E-state index is 6.60. The molecule has 0 bridgehead atoms. The van der Waals surface area contributed by atoms with Crippen molar-refractivity contribution < 1.29 is 9.05 Å². The van der Waals surface area contributed by atoms with Gasteiger partial charge in [-0.15, -0.1) is 0 Å². The summed E-state index contributed by atoms with van der Waals surface area (Å²) in [5.41, 5.74) is 5.29. The molecule has 0 saturated heterocycles. The Balaban J connectivity index is 2.44. The lowest BCUT2D eigenvalue weighted by molar-refractivity contribution is 0.458. The van der Waals surface area contributed by atoms with E-state index in [1.165, 1.54) is 22.3 Å². The Bertz CT molecular complexity index is 870. The van der Waals surface area contributed by atoms with E-state index in [4.69, 9.17) is 9.05 Å². The molecule has 0 aromatic heterocycles. The summed E-state index contributed by atoms with van der Waals surface area (Å²) in [6.45, 7) is 29.2. The second kappa shape index (κ2) is 9.61. The molecule has 2 nitrogen and oxygen atoms in total. The Morgan fingerprint density at radius 1 is 0.545 bits per heavy atom. The van der Waals surface area contributed by atoms with Crippen molar-refractivity contribution >= 4 is 8.38 Å². The van der Waals surface area contributed by atoms with E-state index in [0.29, 0.717) is 0 Å². The Kier molecular flexibility index (Phi) is 8.07. The Morgan fingerprint density at radius 3 is 1.12 bits per heavy atom. The summed E-state index contributed by atoms with van der Waals surface area (Å²) in [6.07, 6.45) is 0.824. The number of rotatable bonds is 5. The van der Waals surface area contributed by atoms with Gasteiger partial charge >= 0.3 is 0 Å². The van der Waals surface area contributed by atoms with Crippen LogP contribution in [0, 0.1) is 0 Å². The monoisotopic (exact) mass is 470 g/mol. The zero-order chi connectivity index (χ0) is 25.4. The molecule has 0 N–H and O–H groups in total. The molecule has 0 heterocycles. The summed E-state index contributed by atoms with van der Waals surface area (Å²) < 4.78 is 13.2. The van der Waals surface area contributed by atoms with Gasteiger partial charge in [0.2, 0.25) is 0 Å². The summed E-state index contributed by atoms with van der Waals surface area (Å²) in [5.74, 6) is 1.87. The van der Waals surface area contributed by atoms with Crippen LogP contribution in [0.25, 0.3) is 0 Å². The van der Waals surface area contributed by atoms with Crippen molar-refractivity contribution in [3.05, 3.63) is 58.7 Å². The molecule has 0 saturated carbocycles. The van der Waals surface area contributed by atoms with E-state index in [0.717, 1.165) is 17.7 Å². The topological polar surface area (TPSA) is 18.5 Å². The van der Waals surface area contributed by atoms with Gasteiger partial charge in [-0.2, -0.15) is 0 Å². The minimum atomic E-state index is -1.11. The first-order valence-corrected chi connectivity index (χ1v) is 13.6. The fourth-order valence-corrected chi connectivity index (χ4v) is 4.74. The van der Waals surface area contributed by atoms with Crippen LogP contribution in [-0.2, 0) is 21.7 Å². The van der Waals surface area contributed by atoms with Gasteiger partial charge in [-0.25, -0.2) is 0 Å². The molecular weight excluding hydrogens is 423 g/mol. The van der Waals surface area contributed by atoms with E-state index in [-0.39, 0.29) is 21.7 Å². The Labute approximate surface area is 205 Å². The summed E-state index contributed by atoms with van der Waals surface area (Å²) in [4.78, 5) is 0. The molecule has 0 spiro atoms. The minimum Gasteiger partial charge on any atom is -0.438 e. The van der Waals surface area contributed by atoms with E-state index < -0.39 is 8.38 Å². The third-order valence-corrected chi connectivity index (χ3v) is 7.28. The van der Waals surface area contributed by atoms with Crippen molar-refractivity contribution in [1.29, 1.82) is 0 Å². The smallest absolute Gasteiger partial charge is 0.290 e. The average Bonchev–Trinajstić information content (AvgIpc) is 2.64. The number of benzene rings is 2. The van der Waals surface area contributed by atoms with Crippen LogP contribution in [0.4, 0.5) is 0 Å². The lowest BCUT2D eigenvalue weighted by Gasteiger charge is -2.30. The number of hydrogen-bond donors (Lipinski definition) is 0. The van der Waals surface area contributed by atoms with Crippen LogP contribution in [0.15, 0.2) is 36.4 Å². The van der Waals surface area contributed by atoms with Crippen molar-refractivity contribution in [2.24, 2.45) is 0 Å². The van der Waals surface area contributed by atoms with Crippen molar-refractivity contribution in [3.63, 3.8) is 0 Å². The average molecular weight is 471 g/mol. The van der Waals surface area contributed by atoms with Crippen LogP contribution in [0.1, 0.15) is 112 Å². The van der Waals surface area contributed by atoms with Crippen LogP contribution >= 0.6 is 8.38 Å². The van der Waals surface area contributed by atoms with Crippen molar-refractivity contribution in [3.8, 4) is 11.5 Å². The largest absolute Gasteiger partial charge is 0.438 e. The highest BCUT2D eigenvalue weighted by Gasteiger charge is 2.27. The molecule has 0 amide bonds. The van der Waals surface area contributed by atoms with Crippen LogP contribution in [0.5, 0.6) is 11.5 Å². The SMILES string of the molecule is CCP(Oc1ccc(C(C)(C)C)cc1C(C)(C)C)Oc1ccc(C(C)(C)C)cc1C(C)(C)C. The Hall–Kier alpha value is -1.53. The standard InChI is InChI=1S/C30H47O2P/c1-14-33(31-25-17-15-21(27(2,3)4)19-23(25)29(8,9)10)32-26-18-16-22(28(5,6)7)20-24(26)30(11,12)13/h15-20H,14H2,1-13H3. The van der Waals surface area contributed by atoms with Gasteiger partial charge in [0.15, 0.2) is 0 Å². The summed E-state index contributed by atoms with van der Waals surface area (Å²) >= 11 is 0. The van der Waals surface area contributed by atoms with Crippen LogP contribution in [-0.4, -0.2) is 6.16 Å². The molecule has 0 radical (unpaired) electrons. The fourth-order valence-electron chi connectivity index (χ4n) is 3.69. The van der Waals surface area contributed by atoms with Crippen molar-refractivity contribution in [2.75, 3.05) is 6.16 Å². The quantitative estimate of drug-likeness (QED) is 0.405. The molecule has 0 aliphatic heterocycles. The van der Waals surface area contributed by atoms with Gasteiger partial charge in [-0.3, -0.25) is 0 Å². The fraction of sp³-hybridized carbons (Fsp3) is 0.600. The summed E-state index contributed by atoms with van der Waals surface area (Å²) in [5, 5.41) is 0. The second-order valence-electron chi connectivity index (χ2n) is 13.3. The second-order valence-corrected chi connectivity index (χ2v) is 14.9. The van der Waals surface area contributed by atoms with Gasteiger partial charge in [-0.1, -0.05) is 114 Å². The minimum absolute atomic E-state index is 0.0176. The molecule has 2 aromatic rings. The molecular formula is C30H47O2P. The first-order valence-electron chi connectivity index (χ1n) is 12.3. The molecule has 0 aliphatic rings. The molecule has 0 unspecified atom stereocenters. The van der Waals surface area contributed by atoms with Gasteiger partial charge < -0.3 is 9.05 Å². The molecule has 0 aliphatic carbocycles. The van der Waals surface area contributed by atoms with E-state index in [1.807, 2.05) is 0 Å². The lowest BCUT2D eigenvalue weighted by atomic mass is 9.80. The van der Waals surface area contributed by atoms with Crippen LogP contribution in [0.3, 0.4) is 0 Å². The van der Waals surface area contributed by atoms with Crippen LogP contribution < -0.4 is 9.05 Å². The number of hydrogen-bond acceptors (Lipinski definition) is 2. The third kappa shape index (κ3) is 7.22. The van der Waals surface area contributed by atoms with Crippen molar-refractivity contribution in [1.82, 2.24) is 0 Å².